The monoisotopic (exact) mass is 357 g/mol. The van der Waals surface area contributed by atoms with E-state index in [-0.39, 0.29) is 29.0 Å². The summed E-state index contributed by atoms with van der Waals surface area (Å²) in [6.45, 7) is 0. The first-order valence-corrected chi connectivity index (χ1v) is 8.02. The summed E-state index contributed by atoms with van der Waals surface area (Å²) in [6.07, 6.45) is 1.84. The van der Waals surface area contributed by atoms with Crippen LogP contribution in [0.1, 0.15) is 23.6 Å². The van der Waals surface area contributed by atoms with Gasteiger partial charge in [-0.3, -0.25) is 9.36 Å². The van der Waals surface area contributed by atoms with E-state index in [1.54, 1.807) is 41.2 Å². The van der Waals surface area contributed by atoms with Gasteiger partial charge in [-0.15, -0.1) is 0 Å². The minimum Gasteiger partial charge on any atom is -0.508 e. The van der Waals surface area contributed by atoms with E-state index in [1.165, 1.54) is 12.1 Å². The fourth-order valence-corrected chi connectivity index (χ4v) is 3.19. The van der Waals surface area contributed by atoms with Crippen molar-refractivity contribution >= 4 is 23.3 Å². The number of imidazole rings is 1. The van der Waals surface area contributed by atoms with E-state index in [2.05, 4.69) is 10.3 Å². The molecule has 4 rings (SSSR count). The maximum Gasteiger partial charge on any atom is 0.226 e. The first kappa shape index (κ1) is 15.7. The van der Waals surface area contributed by atoms with E-state index < -0.39 is 5.82 Å². The average Bonchev–Trinajstić information content (AvgIpc) is 3.01. The average molecular weight is 358 g/mol. The summed E-state index contributed by atoms with van der Waals surface area (Å²) in [5.74, 6) is -0.167. The highest BCUT2D eigenvalue weighted by Gasteiger charge is 2.31. The zero-order valence-corrected chi connectivity index (χ0v) is 13.7. The highest BCUT2D eigenvalue weighted by molar-refractivity contribution is 6.30. The number of halogens is 2. The van der Waals surface area contributed by atoms with Crippen LogP contribution in [0.2, 0.25) is 5.02 Å². The number of rotatable bonds is 2. The summed E-state index contributed by atoms with van der Waals surface area (Å²) in [6, 6.07) is 11.0. The quantitative estimate of drug-likeness (QED) is 0.732. The van der Waals surface area contributed by atoms with Crippen molar-refractivity contribution in [2.45, 2.75) is 12.3 Å². The van der Waals surface area contributed by atoms with Gasteiger partial charge < -0.3 is 10.4 Å². The number of nitrogens with one attached hydrogen (secondary N) is 1. The van der Waals surface area contributed by atoms with Gasteiger partial charge in [-0.25, -0.2) is 9.37 Å². The minimum absolute atomic E-state index is 0.00262. The summed E-state index contributed by atoms with van der Waals surface area (Å²) in [4.78, 5) is 16.6. The molecular formula is C18H13ClFN3O2. The fraction of sp³-hybridized carbons (Fsp3) is 0.111. The predicted octanol–water partition coefficient (Wildman–Crippen LogP) is 3.84. The molecule has 0 fully saturated rings. The molecule has 1 aliphatic heterocycles. The Labute approximate surface area is 147 Å². The lowest BCUT2D eigenvalue weighted by Gasteiger charge is -2.23. The molecule has 25 heavy (non-hydrogen) atoms. The van der Waals surface area contributed by atoms with Crippen LogP contribution in [-0.2, 0) is 4.79 Å². The van der Waals surface area contributed by atoms with Crippen molar-refractivity contribution in [1.82, 2.24) is 9.55 Å². The maximum atomic E-state index is 13.4. The minimum atomic E-state index is -0.509. The fourth-order valence-electron chi connectivity index (χ4n) is 3.02. The van der Waals surface area contributed by atoms with Gasteiger partial charge in [0.25, 0.3) is 0 Å². The third-order valence-electron chi connectivity index (χ3n) is 4.25. The number of aromatic hydroxyl groups is 1. The lowest BCUT2D eigenvalue weighted by Crippen LogP contribution is -2.24. The van der Waals surface area contributed by atoms with Gasteiger partial charge in [0.05, 0.1) is 16.4 Å². The van der Waals surface area contributed by atoms with Gasteiger partial charge in [-0.2, -0.15) is 0 Å². The van der Waals surface area contributed by atoms with Gasteiger partial charge in [0.1, 0.15) is 23.7 Å². The largest absolute Gasteiger partial charge is 0.508 e. The molecule has 1 aromatic heterocycles. The first-order chi connectivity index (χ1) is 12.0. The molecule has 2 heterocycles. The number of nitrogens with zero attached hydrogens (tertiary/aromatic N) is 2. The summed E-state index contributed by atoms with van der Waals surface area (Å²) in [5, 5.41) is 12.3. The maximum absolute atomic E-state index is 13.4. The van der Waals surface area contributed by atoms with Gasteiger partial charge >= 0.3 is 0 Å². The van der Waals surface area contributed by atoms with Crippen LogP contribution in [0.3, 0.4) is 0 Å². The van der Waals surface area contributed by atoms with Gasteiger partial charge in [0.2, 0.25) is 5.91 Å². The Morgan fingerprint density at radius 1 is 1.24 bits per heavy atom. The number of benzene rings is 2. The Hall–Kier alpha value is -2.86. The molecule has 1 aliphatic rings. The smallest absolute Gasteiger partial charge is 0.226 e. The summed E-state index contributed by atoms with van der Waals surface area (Å²) < 4.78 is 15.1. The predicted molar refractivity (Wildman–Crippen MR) is 91.7 cm³/mol. The molecule has 126 valence electrons. The zero-order valence-electron chi connectivity index (χ0n) is 12.9. The molecular weight excluding hydrogens is 345 g/mol. The van der Waals surface area contributed by atoms with Gasteiger partial charge in [-0.05, 0) is 35.9 Å². The van der Waals surface area contributed by atoms with Crippen molar-refractivity contribution in [3.8, 4) is 11.4 Å². The lowest BCUT2D eigenvalue weighted by molar-refractivity contribution is -0.116. The van der Waals surface area contributed by atoms with Crippen LogP contribution in [0.5, 0.6) is 5.75 Å². The summed E-state index contributed by atoms with van der Waals surface area (Å²) in [5.41, 5.74) is 2.20. The second-order valence-corrected chi connectivity index (χ2v) is 6.25. The normalized spacial score (nSPS) is 16.4. The van der Waals surface area contributed by atoms with Crippen molar-refractivity contribution in [2.75, 3.05) is 5.32 Å². The van der Waals surface area contributed by atoms with Crippen molar-refractivity contribution in [3.63, 3.8) is 0 Å². The number of fused-ring (bicyclic) bond motifs is 1. The van der Waals surface area contributed by atoms with Crippen molar-refractivity contribution in [3.05, 3.63) is 70.9 Å². The molecule has 0 spiro atoms. The number of phenols is 1. The SMILES string of the molecule is O=C1C[C@@H](c2ccc(O)cc2)c2ncn(-c3ccc(F)c(Cl)c3)c2N1. The molecule has 2 aromatic carbocycles. The highest BCUT2D eigenvalue weighted by atomic mass is 35.5. The Bertz CT molecular complexity index is 969. The molecule has 1 atom stereocenters. The number of hydrogen-bond donors (Lipinski definition) is 2. The second kappa shape index (κ2) is 5.89. The first-order valence-electron chi connectivity index (χ1n) is 7.64. The van der Waals surface area contributed by atoms with Crippen LogP contribution in [0.25, 0.3) is 5.69 Å². The number of aromatic nitrogens is 2. The third kappa shape index (κ3) is 2.74. The molecule has 0 saturated carbocycles. The van der Waals surface area contributed by atoms with E-state index in [0.29, 0.717) is 17.2 Å². The molecule has 0 saturated heterocycles. The van der Waals surface area contributed by atoms with E-state index in [0.717, 1.165) is 5.56 Å². The van der Waals surface area contributed by atoms with Crippen molar-refractivity contribution in [2.24, 2.45) is 0 Å². The Morgan fingerprint density at radius 2 is 2.00 bits per heavy atom. The van der Waals surface area contributed by atoms with Gasteiger partial charge in [0, 0.05) is 12.3 Å². The third-order valence-corrected chi connectivity index (χ3v) is 4.54. The molecule has 5 nitrogen and oxygen atoms in total. The van der Waals surface area contributed by atoms with Crippen LogP contribution >= 0.6 is 11.6 Å². The molecule has 7 heteroatoms. The number of hydrogen-bond acceptors (Lipinski definition) is 3. The molecule has 0 bridgehead atoms. The number of carbonyl (C=O) groups excluding carboxylic acids is 1. The second-order valence-electron chi connectivity index (χ2n) is 5.84. The lowest BCUT2D eigenvalue weighted by atomic mass is 9.90. The highest BCUT2D eigenvalue weighted by Crippen LogP contribution is 2.38. The van der Waals surface area contributed by atoms with E-state index in [9.17, 15) is 14.3 Å². The summed E-state index contributed by atoms with van der Waals surface area (Å²) in [7, 11) is 0. The van der Waals surface area contributed by atoms with E-state index >= 15 is 0 Å². The van der Waals surface area contributed by atoms with Crippen LogP contribution in [-0.4, -0.2) is 20.6 Å². The topological polar surface area (TPSA) is 67.1 Å². The van der Waals surface area contributed by atoms with Crippen molar-refractivity contribution in [1.29, 1.82) is 0 Å². The van der Waals surface area contributed by atoms with Gasteiger partial charge in [0.15, 0.2) is 0 Å². The van der Waals surface area contributed by atoms with E-state index in [4.69, 9.17) is 11.6 Å². The Morgan fingerprint density at radius 3 is 2.72 bits per heavy atom. The Kier molecular flexibility index (Phi) is 3.69. The Balaban J connectivity index is 1.81. The molecule has 0 radical (unpaired) electrons. The van der Waals surface area contributed by atoms with Crippen LogP contribution in [0, 0.1) is 5.82 Å². The van der Waals surface area contributed by atoms with Crippen LogP contribution in [0.15, 0.2) is 48.8 Å². The zero-order chi connectivity index (χ0) is 17.6. The molecule has 0 unspecified atom stereocenters. The van der Waals surface area contributed by atoms with E-state index in [1.807, 2.05) is 0 Å². The van der Waals surface area contributed by atoms with Crippen molar-refractivity contribution < 1.29 is 14.3 Å². The van der Waals surface area contributed by atoms with Crippen LogP contribution in [0.4, 0.5) is 10.2 Å². The molecule has 2 N–H and O–H groups in total. The van der Waals surface area contributed by atoms with Crippen LogP contribution < -0.4 is 5.32 Å². The standard InChI is InChI=1S/C18H13ClFN3O2/c19-14-7-11(3-6-15(14)20)23-9-21-17-13(8-16(25)22-18(17)23)10-1-4-12(24)5-2-10/h1-7,9,13,24H,8H2,(H,22,25)/t13-/m0/s1. The molecule has 0 aliphatic carbocycles. The van der Waals surface area contributed by atoms with Gasteiger partial charge in [-0.1, -0.05) is 23.7 Å². The molecule has 1 amide bonds. The molecule has 3 aromatic rings. The summed E-state index contributed by atoms with van der Waals surface area (Å²) >= 11 is 5.86. The number of anilines is 1. The number of phenolic OH excluding ortho intramolecular Hbond substituents is 1. The number of amides is 1. The number of carbonyl (C=O) groups is 1.